The lowest BCUT2D eigenvalue weighted by molar-refractivity contribution is -0.00376. The summed E-state index contributed by atoms with van der Waals surface area (Å²) in [6, 6.07) is 6.25. The van der Waals surface area contributed by atoms with Gasteiger partial charge in [0.1, 0.15) is 11.4 Å². The van der Waals surface area contributed by atoms with Crippen LogP contribution in [0.3, 0.4) is 0 Å². The smallest absolute Gasteiger partial charge is 0.407 e. The summed E-state index contributed by atoms with van der Waals surface area (Å²) in [6.07, 6.45) is -0.870. The fourth-order valence-electron chi connectivity index (χ4n) is 1.58. The third-order valence-corrected chi connectivity index (χ3v) is 2.54. The van der Waals surface area contributed by atoms with Crippen LogP contribution >= 0.6 is 0 Å². The number of carbonyl (C=O) groups is 1. The van der Waals surface area contributed by atoms with Crippen molar-refractivity contribution in [3.05, 3.63) is 29.8 Å². The third kappa shape index (κ3) is 7.78. The van der Waals surface area contributed by atoms with E-state index in [-0.39, 0.29) is 12.3 Å². The van der Waals surface area contributed by atoms with Crippen LogP contribution in [0.4, 0.5) is 13.6 Å². The Morgan fingerprint density at radius 3 is 2.32 bits per heavy atom. The maximum absolute atomic E-state index is 13.6. The number of phenolic OH excluding ortho intramolecular Hbond substituents is 1. The number of alkyl carbamates (subject to hydrolysis) is 1. The Balaban J connectivity index is 2.31. The van der Waals surface area contributed by atoms with E-state index >= 15 is 0 Å². The van der Waals surface area contributed by atoms with Gasteiger partial charge in [-0.15, -0.1) is 0 Å². The fraction of sp³-hybridized carbons (Fsp3) is 0.533. The zero-order valence-corrected chi connectivity index (χ0v) is 13.0. The van der Waals surface area contributed by atoms with Crippen LogP contribution in [0, 0.1) is 0 Å². The van der Waals surface area contributed by atoms with Crippen molar-refractivity contribution in [3.8, 4) is 5.75 Å². The molecule has 3 N–H and O–H groups in total. The van der Waals surface area contributed by atoms with Crippen molar-refractivity contribution < 1.29 is 23.4 Å². The van der Waals surface area contributed by atoms with Gasteiger partial charge in [0, 0.05) is 6.54 Å². The van der Waals surface area contributed by atoms with Crippen LogP contribution in [0.1, 0.15) is 26.3 Å². The van der Waals surface area contributed by atoms with E-state index in [4.69, 9.17) is 9.84 Å². The monoisotopic (exact) mass is 316 g/mol. The van der Waals surface area contributed by atoms with Crippen molar-refractivity contribution in [1.82, 2.24) is 10.6 Å². The van der Waals surface area contributed by atoms with Gasteiger partial charge in [-0.2, -0.15) is 0 Å². The van der Waals surface area contributed by atoms with Crippen LogP contribution in [0.25, 0.3) is 0 Å². The van der Waals surface area contributed by atoms with Gasteiger partial charge in [-0.05, 0) is 38.5 Å². The SMILES string of the molecule is CC(C)(C)OC(=O)NCC(F)(F)CNCc1ccc(O)cc1. The molecule has 0 atom stereocenters. The molecular weight excluding hydrogens is 294 g/mol. The van der Waals surface area contributed by atoms with Crippen LogP contribution in [0.2, 0.25) is 0 Å². The molecule has 0 spiro atoms. The maximum Gasteiger partial charge on any atom is 0.407 e. The molecule has 0 unspecified atom stereocenters. The van der Waals surface area contributed by atoms with E-state index in [1.54, 1.807) is 32.9 Å². The number of aromatic hydroxyl groups is 1. The second kappa shape index (κ2) is 7.40. The molecule has 1 amide bonds. The summed E-state index contributed by atoms with van der Waals surface area (Å²) in [6.45, 7) is 3.83. The van der Waals surface area contributed by atoms with E-state index in [9.17, 15) is 13.6 Å². The molecule has 22 heavy (non-hydrogen) atoms. The Labute approximate surface area is 128 Å². The zero-order valence-electron chi connectivity index (χ0n) is 13.0. The summed E-state index contributed by atoms with van der Waals surface area (Å²) >= 11 is 0. The average Bonchev–Trinajstić information content (AvgIpc) is 2.37. The minimum absolute atomic E-state index is 0.121. The van der Waals surface area contributed by atoms with Crippen molar-refractivity contribution in [2.75, 3.05) is 13.1 Å². The molecule has 1 rings (SSSR count). The predicted molar refractivity (Wildman–Crippen MR) is 79.0 cm³/mol. The fourth-order valence-corrected chi connectivity index (χ4v) is 1.58. The first-order chi connectivity index (χ1) is 10.1. The number of hydrogen-bond donors (Lipinski definition) is 3. The number of ether oxygens (including phenoxy) is 1. The first-order valence-corrected chi connectivity index (χ1v) is 6.91. The largest absolute Gasteiger partial charge is 0.508 e. The van der Waals surface area contributed by atoms with Gasteiger partial charge in [0.25, 0.3) is 5.92 Å². The highest BCUT2D eigenvalue weighted by molar-refractivity contribution is 5.67. The highest BCUT2D eigenvalue weighted by Gasteiger charge is 2.30. The molecule has 0 saturated heterocycles. The normalized spacial score (nSPS) is 12.0. The van der Waals surface area contributed by atoms with Gasteiger partial charge in [0.05, 0.1) is 13.1 Å². The first kappa shape index (κ1) is 18.2. The lowest BCUT2D eigenvalue weighted by Gasteiger charge is -2.22. The van der Waals surface area contributed by atoms with Crippen molar-refractivity contribution in [2.45, 2.75) is 38.8 Å². The number of benzene rings is 1. The summed E-state index contributed by atoms with van der Waals surface area (Å²) < 4.78 is 32.1. The molecule has 1 aromatic carbocycles. The van der Waals surface area contributed by atoms with Crippen molar-refractivity contribution in [1.29, 1.82) is 0 Å². The first-order valence-electron chi connectivity index (χ1n) is 6.91. The van der Waals surface area contributed by atoms with E-state index < -0.39 is 30.7 Å². The molecule has 0 aliphatic heterocycles. The second-order valence-electron chi connectivity index (χ2n) is 5.98. The molecule has 0 saturated carbocycles. The molecule has 0 radical (unpaired) electrons. The predicted octanol–water partition coefficient (Wildman–Crippen LogP) is 2.64. The Hall–Kier alpha value is -1.89. The molecule has 0 bridgehead atoms. The average molecular weight is 316 g/mol. The Morgan fingerprint density at radius 2 is 1.77 bits per heavy atom. The van der Waals surface area contributed by atoms with E-state index in [1.165, 1.54) is 12.1 Å². The van der Waals surface area contributed by atoms with Crippen LogP contribution in [0.5, 0.6) is 5.75 Å². The third-order valence-electron chi connectivity index (χ3n) is 2.54. The van der Waals surface area contributed by atoms with E-state index in [0.717, 1.165) is 5.56 Å². The summed E-state index contributed by atoms with van der Waals surface area (Å²) in [5.41, 5.74) is 0.0462. The van der Waals surface area contributed by atoms with Gasteiger partial charge >= 0.3 is 6.09 Å². The number of phenols is 1. The number of alkyl halides is 2. The van der Waals surface area contributed by atoms with Gasteiger partial charge in [-0.25, -0.2) is 13.6 Å². The van der Waals surface area contributed by atoms with E-state index in [2.05, 4.69) is 10.6 Å². The molecule has 0 aliphatic carbocycles. The van der Waals surface area contributed by atoms with Crippen LogP contribution < -0.4 is 10.6 Å². The summed E-state index contributed by atoms with van der Waals surface area (Å²) in [7, 11) is 0. The maximum atomic E-state index is 13.6. The standard InChI is InChI=1S/C15H22F2N2O3/c1-14(2,3)22-13(21)19-10-15(16,17)9-18-8-11-4-6-12(20)7-5-11/h4-7,18,20H,8-10H2,1-3H3,(H,19,21). The van der Waals surface area contributed by atoms with Crippen LogP contribution in [-0.4, -0.2) is 35.8 Å². The minimum Gasteiger partial charge on any atom is -0.508 e. The Kier molecular flexibility index (Phi) is 6.11. The molecule has 0 heterocycles. The lowest BCUT2D eigenvalue weighted by Crippen LogP contribution is -2.44. The van der Waals surface area contributed by atoms with Crippen molar-refractivity contribution in [3.63, 3.8) is 0 Å². The quantitative estimate of drug-likeness (QED) is 0.754. The number of rotatable bonds is 6. The van der Waals surface area contributed by atoms with Crippen molar-refractivity contribution in [2.24, 2.45) is 0 Å². The summed E-state index contributed by atoms with van der Waals surface area (Å²) in [5, 5.41) is 13.8. The molecule has 124 valence electrons. The summed E-state index contributed by atoms with van der Waals surface area (Å²) in [5.74, 6) is -2.97. The molecule has 5 nitrogen and oxygen atoms in total. The van der Waals surface area contributed by atoms with E-state index in [1.807, 2.05) is 0 Å². The van der Waals surface area contributed by atoms with E-state index in [0.29, 0.717) is 0 Å². The number of hydrogen-bond acceptors (Lipinski definition) is 4. The highest BCUT2D eigenvalue weighted by atomic mass is 19.3. The zero-order chi connectivity index (χ0) is 16.8. The molecule has 0 aromatic heterocycles. The number of carbonyl (C=O) groups excluding carboxylic acids is 1. The lowest BCUT2D eigenvalue weighted by atomic mass is 10.2. The van der Waals surface area contributed by atoms with Crippen LogP contribution in [-0.2, 0) is 11.3 Å². The highest BCUT2D eigenvalue weighted by Crippen LogP contribution is 2.13. The van der Waals surface area contributed by atoms with Gasteiger partial charge in [-0.3, -0.25) is 0 Å². The molecule has 0 fully saturated rings. The van der Waals surface area contributed by atoms with Gasteiger partial charge in [0.15, 0.2) is 0 Å². The molecule has 7 heteroatoms. The van der Waals surface area contributed by atoms with Gasteiger partial charge in [-0.1, -0.05) is 12.1 Å². The topological polar surface area (TPSA) is 70.6 Å². The van der Waals surface area contributed by atoms with Crippen LogP contribution in [0.15, 0.2) is 24.3 Å². The second-order valence-corrected chi connectivity index (χ2v) is 5.98. The Morgan fingerprint density at radius 1 is 1.18 bits per heavy atom. The molecule has 1 aromatic rings. The number of nitrogens with one attached hydrogen (secondary N) is 2. The molecule has 0 aliphatic rings. The summed E-state index contributed by atoms with van der Waals surface area (Å²) in [4.78, 5) is 11.3. The van der Waals surface area contributed by atoms with Gasteiger partial charge < -0.3 is 20.5 Å². The Bertz CT molecular complexity index is 485. The number of halogens is 2. The number of amides is 1. The molecular formula is C15H22F2N2O3. The minimum atomic E-state index is -3.09. The van der Waals surface area contributed by atoms with Crippen molar-refractivity contribution >= 4 is 6.09 Å². The van der Waals surface area contributed by atoms with Gasteiger partial charge in [0.2, 0.25) is 0 Å².